The number of aromatic amines is 1. The van der Waals surface area contributed by atoms with Gasteiger partial charge < -0.3 is 9.88 Å². The molecule has 3 aromatic carbocycles. The largest absolute Gasteiger partial charge is 0.360 e. The number of benzene rings is 3. The van der Waals surface area contributed by atoms with Crippen LogP contribution in [-0.4, -0.2) is 38.3 Å². The first-order valence-corrected chi connectivity index (χ1v) is 12.5. The van der Waals surface area contributed by atoms with Crippen molar-refractivity contribution in [3.8, 4) is 0 Å². The van der Waals surface area contributed by atoms with E-state index in [1.165, 1.54) is 34.6 Å². The molecule has 0 aliphatic heterocycles. The molecular formula is C27H27N3O4S. The van der Waals surface area contributed by atoms with Crippen LogP contribution >= 0.6 is 0 Å². The summed E-state index contributed by atoms with van der Waals surface area (Å²) in [5.74, 6) is -0.447. The van der Waals surface area contributed by atoms with E-state index in [9.17, 15) is 18.0 Å². The van der Waals surface area contributed by atoms with Crippen LogP contribution in [0.2, 0.25) is 0 Å². The summed E-state index contributed by atoms with van der Waals surface area (Å²) in [6.45, 7) is 4.22. The molecule has 0 saturated heterocycles. The summed E-state index contributed by atoms with van der Waals surface area (Å²) in [6, 6.07) is 19.2. The Labute approximate surface area is 204 Å². The summed E-state index contributed by atoms with van der Waals surface area (Å²) in [6.07, 6.45) is 1.38. The number of amides is 1. The van der Waals surface area contributed by atoms with E-state index in [2.05, 4.69) is 4.98 Å². The van der Waals surface area contributed by atoms with Crippen LogP contribution in [0.1, 0.15) is 27.0 Å². The van der Waals surface area contributed by atoms with Crippen LogP contribution in [0.15, 0.2) is 82.6 Å². The lowest BCUT2D eigenvalue weighted by Gasteiger charge is -2.21. The number of aryl methyl sites for hydroxylation is 2. The van der Waals surface area contributed by atoms with Crippen molar-refractivity contribution < 1.29 is 13.2 Å². The van der Waals surface area contributed by atoms with Crippen LogP contribution in [0.5, 0.6) is 0 Å². The second-order valence-corrected chi connectivity index (χ2v) is 10.6. The van der Waals surface area contributed by atoms with Crippen LogP contribution in [0, 0.1) is 13.8 Å². The Morgan fingerprint density at radius 3 is 2.31 bits per heavy atom. The van der Waals surface area contributed by atoms with Crippen molar-refractivity contribution in [3.05, 3.63) is 105 Å². The predicted octanol–water partition coefficient (Wildman–Crippen LogP) is 4.24. The number of rotatable bonds is 6. The highest BCUT2D eigenvalue weighted by Gasteiger charge is 2.24. The number of nitrogens with one attached hydrogen (secondary N) is 1. The third-order valence-corrected chi connectivity index (χ3v) is 7.99. The highest BCUT2D eigenvalue weighted by molar-refractivity contribution is 7.92. The van der Waals surface area contributed by atoms with Gasteiger partial charge in [-0.1, -0.05) is 36.4 Å². The molecule has 35 heavy (non-hydrogen) atoms. The van der Waals surface area contributed by atoms with E-state index in [4.69, 9.17) is 0 Å². The van der Waals surface area contributed by atoms with Crippen molar-refractivity contribution in [3.63, 3.8) is 0 Å². The SMILES string of the molecule is Cc1ccc(N(C)S(=O)(=O)c2ccc3[nH]cc(C(=O)N(C)Cc4ccccc4)c(=O)c3c2)cc1C. The third-order valence-electron chi connectivity index (χ3n) is 6.20. The second kappa shape index (κ2) is 9.38. The zero-order valence-electron chi connectivity index (χ0n) is 20.1. The van der Waals surface area contributed by atoms with Gasteiger partial charge in [-0.2, -0.15) is 0 Å². The number of pyridine rings is 1. The van der Waals surface area contributed by atoms with Crippen molar-refractivity contribution in [1.29, 1.82) is 0 Å². The lowest BCUT2D eigenvalue weighted by Crippen LogP contribution is -2.31. The average molecular weight is 490 g/mol. The monoisotopic (exact) mass is 489 g/mol. The molecule has 0 bridgehead atoms. The fourth-order valence-electron chi connectivity index (χ4n) is 3.87. The molecule has 7 nitrogen and oxygen atoms in total. The number of nitrogens with zero attached hydrogens (tertiary/aromatic N) is 2. The van der Waals surface area contributed by atoms with Crippen molar-refractivity contribution in [2.24, 2.45) is 0 Å². The third kappa shape index (κ3) is 4.70. The summed E-state index contributed by atoms with van der Waals surface area (Å²) in [4.78, 5) is 30.7. The second-order valence-electron chi connectivity index (χ2n) is 8.63. The van der Waals surface area contributed by atoms with Gasteiger partial charge in [0.15, 0.2) is 0 Å². The van der Waals surface area contributed by atoms with Crippen LogP contribution < -0.4 is 9.73 Å². The summed E-state index contributed by atoms with van der Waals surface area (Å²) >= 11 is 0. The van der Waals surface area contributed by atoms with E-state index in [0.717, 1.165) is 16.7 Å². The van der Waals surface area contributed by atoms with Crippen molar-refractivity contribution in [2.45, 2.75) is 25.3 Å². The van der Waals surface area contributed by atoms with Gasteiger partial charge in [-0.05, 0) is 60.9 Å². The number of fused-ring (bicyclic) bond motifs is 1. The standard InChI is InChI=1S/C27H27N3O4S/c1-18-10-11-21(14-19(18)2)30(4)35(33,34)22-12-13-25-23(15-22)26(31)24(16-28-25)27(32)29(3)17-20-8-6-5-7-9-20/h5-16H,17H2,1-4H3,(H,28,31). The first-order chi connectivity index (χ1) is 16.6. The van der Waals surface area contributed by atoms with Crippen LogP contribution in [0.4, 0.5) is 5.69 Å². The van der Waals surface area contributed by atoms with E-state index in [1.54, 1.807) is 25.2 Å². The molecule has 0 spiro atoms. The zero-order chi connectivity index (χ0) is 25.3. The number of hydrogen-bond acceptors (Lipinski definition) is 4. The molecule has 1 aromatic heterocycles. The Hall–Kier alpha value is -3.91. The summed E-state index contributed by atoms with van der Waals surface area (Å²) in [7, 11) is -0.833. The maximum Gasteiger partial charge on any atom is 0.264 e. The van der Waals surface area contributed by atoms with Crippen molar-refractivity contribution in [1.82, 2.24) is 9.88 Å². The molecule has 4 rings (SSSR count). The van der Waals surface area contributed by atoms with Gasteiger partial charge in [-0.25, -0.2) is 8.42 Å². The molecular weight excluding hydrogens is 462 g/mol. The van der Waals surface area contributed by atoms with Gasteiger partial charge in [0, 0.05) is 37.7 Å². The molecule has 180 valence electrons. The summed E-state index contributed by atoms with van der Waals surface area (Å²) in [5, 5.41) is 0.138. The quantitative estimate of drug-likeness (QED) is 0.439. The van der Waals surface area contributed by atoms with Gasteiger partial charge in [-0.15, -0.1) is 0 Å². The molecule has 0 atom stereocenters. The minimum Gasteiger partial charge on any atom is -0.360 e. The van der Waals surface area contributed by atoms with Gasteiger partial charge in [0.05, 0.1) is 10.6 Å². The molecule has 1 amide bonds. The number of hydrogen-bond donors (Lipinski definition) is 1. The summed E-state index contributed by atoms with van der Waals surface area (Å²) in [5.41, 5.74) is 3.37. The highest BCUT2D eigenvalue weighted by atomic mass is 32.2. The maximum atomic E-state index is 13.4. The fraction of sp³-hybridized carbons (Fsp3) is 0.185. The molecule has 0 fully saturated rings. The number of sulfonamides is 1. The number of H-pyrrole nitrogens is 1. The Bertz CT molecular complexity index is 1580. The molecule has 1 heterocycles. The number of carbonyl (C=O) groups excluding carboxylic acids is 1. The molecule has 1 N–H and O–H groups in total. The van der Waals surface area contributed by atoms with Crippen LogP contribution in [-0.2, 0) is 16.6 Å². The molecule has 0 radical (unpaired) electrons. The molecule has 0 aliphatic carbocycles. The first-order valence-electron chi connectivity index (χ1n) is 11.1. The summed E-state index contributed by atoms with van der Waals surface area (Å²) < 4.78 is 27.9. The molecule has 0 saturated carbocycles. The van der Waals surface area contributed by atoms with Gasteiger partial charge in [-0.3, -0.25) is 13.9 Å². The van der Waals surface area contributed by atoms with Gasteiger partial charge >= 0.3 is 0 Å². The minimum absolute atomic E-state index is 0.0292. The lowest BCUT2D eigenvalue weighted by atomic mass is 10.1. The number of aromatic nitrogens is 1. The normalized spacial score (nSPS) is 11.4. The zero-order valence-corrected chi connectivity index (χ0v) is 20.9. The van der Waals surface area contributed by atoms with E-state index >= 15 is 0 Å². The van der Waals surface area contributed by atoms with Crippen LogP contribution in [0.25, 0.3) is 10.9 Å². The Kier molecular flexibility index (Phi) is 6.49. The number of anilines is 1. The van der Waals surface area contributed by atoms with E-state index in [-0.39, 0.29) is 15.8 Å². The molecule has 0 unspecified atom stereocenters. The number of carbonyl (C=O) groups is 1. The maximum absolute atomic E-state index is 13.4. The molecule has 0 aliphatic rings. The van der Waals surface area contributed by atoms with E-state index < -0.39 is 21.4 Å². The average Bonchev–Trinajstić information content (AvgIpc) is 2.85. The first kappa shape index (κ1) is 24.2. The molecule has 8 heteroatoms. The Morgan fingerprint density at radius 1 is 0.914 bits per heavy atom. The minimum atomic E-state index is -3.93. The fourth-order valence-corrected chi connectivity index (χ4v) is 5.08. The van der Waals surface area contributed by atoms with Crippen molar-refractivity contribution in [2.75, 3.05) is 18.4 Å². The van der Waals surface area contributed by atoms with Crippen LogP contribution in [0.3, 0.4) is 0 Å². The van der Waals surface area contributed by atoms with Crippen molar-refractivity contribution >= 4 is 32.5 Å². The Balaban J connectivity index is 1.70. The lowest BCUT2D eigenvalue weighted by molar-refractivity contribution is 0.0783. The van der Waals surface area contributed by atoms with E-state index in [0.29, 0.717) is 17.7 Å². The highest BCUT2D eigenvalue weighted by Crippen LogP contribution is 2.25. The van der Waals surface area contributed by atoms with E-state index in [1.807, 2.05) is 50.2 Å². The smallest absolute Gasteiger partial charge is 0.264 e. The topological polar surface area (TPSA) is 90.6 Å². The van der Waals surface area contributed by atoms with Gasteiger partial charge in [0.1, 0.15) is 5.56 Å². The predicted molar refractivity (Wildman–Crippen MR) is 138 cm³/mol. The van der Waals surface area contributed by atoms with Gasteiger partial charge in [0.25, 0.3) is 15.9 Å². The molecule has 4 aromatic rings. The Morgan fingerprint density at radius 2 is 1.63 bits per heavy atom. The van der Waals surface area contributed by atoms with Gasteiger partial charge in [0.2, 0.25) is 5.43 Å².